The summed E-state index contributed by atoms with van der Waals surface area (Å²) in [6, 6.07) is 6.52. The minimum Gasteiger partial charge on any atom is -0.369 e. The Morgan fingerprint density at radius 3 is 2.47 bits per heavy atom. The van der Waals surface area contributed by atoms with Crippen LogP contribution in [-0.4, -0.2) is 9.55 Å². The standard InChI is InChI=1S/C14H19N3/c1-9-5-6-12(10(2)7-9)8-13-11(3)17(4)14(15)16-13/h5-7H,8H2,1-4H3,(H2,15,16). The maximum atomic E-state index is 5.81. The molecule has 0 saturated carbocycles. The summed E-state index contributed by atoms with van der Waals surface area (Å²) in [6.45, 7) is 6.31. The zero-order valence-electron chi connectivity index (χ0n) is 10.9. The van der Waals surface area contributed by atoms with Crippen molar-refractivity contribution >= 4 is 5.95 Å². The van der Waals surface area contributed by atoms with Crippen molar-refractivity contribution < 1.29 is 0 Å². The number of benzene rings is 1. The van der Waals surface area contributed by atoms with Crippen LogP contribution in [0.15, 0.2) is 18.2 Å². The lowest BCUT2D eigenvalue weighted by molar-refractivity contribution is 0.881. The van der Waals surface area contributed by atoms with E-state index in [0.717, 1.165) is 17.8 Å². The molecule has 0 fully saturated rings. The Morgan fingerprint density at radius 2 is 1.94 bits per heavy atom. The van der Waals surface area contributed by atoms with Crippen LogP contribution in [0.5, 0.6) is 0 Å². The number of rotatable bonds is 2. The molecular formula is C14H19N3. The molecule has 0 aliphatic rings. The number of hydrogen-bond acceptors (Lipinski definition) is 2. The summed E-state index contributed by atoms with van der Waals surface area (Å²) in [5.41, 5.74) is 11.9. The van der Waals surface area contributed by atoms with Crippen molar-refractivity contribution in [2.45, 2.75) is 27.2 Å². The first-order valence-electron chi connectivity index (χ1n) is 5.83. The minimum absolute atomic E-state index is 0.585. The van der Waals surface area contributed by atoms with Gasteiger partial charge in [-0.2, -0.15) is 0 Å². The molecule has 2 aromatic rings. The maximum Gasteiger partial charge on any atom is 0.200 e. The Bertz CT molecular complexity index is 553. The van der Waals surface area contributed by atoms with Gasteiger partial charge in [-0.05, 0) is 31.9 Å². The number of anilines is 1. The van der Waals surface area contributed by atoms with E-state index in [2.05, 4.69) is 44.0 Å². The molecule has 0 amide bonds. The predicted octanol–water partition coefficient (Wildman–Crippen LogP) is 2.52. The van der Waals surface area contributed by atoms with Gasteiger partial charge in [-0.25, -0.2) is 4.98 Å². The maximum absolute atomic E-state index is 5.81. The average molecular weight is 229 g/mol. The molecule has 0 unspecified atom stereocenters. The molecule has 17 heavy (non-hydrogen) atoms. The average Bonchev–Trinajstić information content (AvgIpc) is 2.50. The molecule has 0 atom stereocenters. The van der Waals surface area contributed by atoms with E-state index in [1.54, 1.807) is 0 Å². The number of aromatic nitrogens is 2. The molecule has 2 rings (SSSR count). The van der Waals surface area contributed by atoms with Crippen LogP contribution in [0.3, 0.4) is 0 Å². The Balaban J connectivity index is 2.34. The number of hydrogen-bond donors (Lipinski definition) is 1. The summed E-state index contributed by atoms with van der Waals surface area (Å²) in [5, 5.41) is 0. The van der Waals surface area contributed by atoms with Crippen molar-refractivity contribution in [2.75, 3.05) is 5.73 Å². The molecule has 2 N–H and O–H groups in total. The second-order valence-electron chi connectivity index (χ2n) is 4.67. The first-order valence-corrected chi connectivity index (χ1v) is 5.83. The fraction of sp³-hybridized carbons (Fsp3) is 0.357. The van der Waals surface area contributed by atoms with Gasteiger partial charge >= 0.3 is 0 Å². The topological polar surface area (TPSA) is 43.8 Å². The van der Waals surface area contributed by atoms with E-state index in [1.807, 2.05) is 11.6 Å². The van der Waals surface area contributed by atoms with Gasteiger partial charge in [-0.3, -0.25) is 0 Å². The van der Waals surface area contributed by atoms with E-state index in [1.165, 1.54) is 16.7 Å². The number of nitrogen functional groups attached to an aromatic ring is 1. The van der Waals surface area contributed by atoms with Gasteiger partial charge < -0.3 is 10.3 Å². The Morgan fingerprint density at radius 1 is 1.24 bits per heavy atom. The van der Waals surface area contributed by atoms with E-state index in [0.29, 0.717) is 5.95 Å². The smallest absolute Gasteiger partial charge is 0.200 e. The fourth-order valence-corrected chi connectivity index (χ4v) is 2.05. The normalized spacial score (nSPS) is 10.8. The molecule has 0 bridgehead atoms. The van der Waals surface area contributed by atoms with E-state index < -0.39 is 0 Å². The van der Waals surface area contributed by atoms with Crippen molar-refractivity contribution in [1.29, 1.82) is 0 Å². The van der Waals surface area contributed by atoms with Gasteiger partial charge in [0.25, 0.3) is 0 Å². The lowest BCUT2D eigenvalue weighted by atomic mass is 10.0. The highest BCUT2D eigenvalue weighted by Gasteiger charge is 2.10. The van der Waals surface area contributed by atoms with Gasteiger partial charge in [0.05, 0.1) is 5.69 Å². The molecule has 0 radical (unpaired) electrons. The lowest BCUT2D eigenvalue weighted by Gasteiger charge is -2.06. The third-order valence-electron chi connectivity index (χ3n) is 3.37. The summed E-state index contributed by atoms with van der Waals surface area (Å²) in [5.74, 6) is 0.585. The fourth-order valence-electron chi connectivity index (χ4n) is 2.05. The second-order valence-corrected chi connectivity index (χ2v) is 4.67. The summed E-state index contributed by atoms with van der Waals surface area (Å²) in [7, 11) is 1.95. The van der Waals surface area contributed by atoms with Gasteiger partial charge in [0, 0.05) is 19.2 Å². The molecule has 1 aromatic heterocycles. The van der Waals surface area contributed by atoms with E-state index in [-0.39, 0.29) is 0 Å². The summed E-state index contributed by atoms with van der Waals surface area (Å²) in [6.07, 6.45) is 0.850. The van der Waals surface area contributed by atoms with Crippen molar-refractivity contribution in [3.05, 3.63) is 46.3 Å². The van der Waals surface area contributed by atoms with E-state index in [9.17, 15) is 0 Å². The van der Waals surface area contributed by atoms with E-state index in [4.69, 9.17) is 5.73 Å². The highest BCUT2D eigenvalue weighted by atomic mass is 15.1. The molecule has 3 nitrogen and oxygen atoms in total. The molecule has 1 heterocycles. The molecule has 90 valence electrons. The second kappa shape index (κ2) is 4.24. The summed E-state index contributed by atoms with van der Waals surface area (Å²) >= 11 is 0. The summed E-state index contributed by atoms with van der Waals surface area (Å²) < 4.78 is 1.93. The molecule has 0 spiro atoms. The number of nitrogens with zero attached hydrogens (tertiary/aromatic N) is 2. The SMILES string of the molecule is Cc1ccc(Cc2nc(N)n(C)c2C)c(C)c1. The Hall–Kier alpha value is -1.77. The molecule has 0 aliphatic carbocycles. The first-order chi connectivity index (χ1) is 7.99. The lowest BCUT2D eigenvalue weighted by Crippen LogP contribution is -1.98. The van der Waals surface area contributed by atoms with Gasteiger partial charge in [-0.15, -0.1) is 0 Å². The minimum atomic E-state index is 0.585. The first kappa shape index (κ1) is 11.7. The van der Waals surface area contributed by atoms with Crippen LogP contribution in [-0.2, 0) is 13.5 Å². The van der Waals surface area contributed by atoms with Crippen molar-refractivity contribution in [2.24, 2.45) is 7.05 Å². The molecule has 3 heteroatoms. The molecule has 1 aromatic carbocycles. The zero-order chi connectivity index (χ0) is 12.6. The third-order valence-corrected chi connectivity index (χ3v) is 3.37. The van der Waals surface area contributed by atoms with Gasteiger partial charge in [0.15, 0.2) is 5.95 Å². The van der Waals surface area contributed by atoms with Crippen LogP contribution in [0.2, 0.25) is 0 Å². The molecule has 0 saturated heterocycles. The van der Waals surface area contributed by atoms with Crippen molar-refractivity contribution in [3.8, 4) is 0 Å². The van der Waals surface area contributed by atoms with Crippen LogP contribution < -0.4 is 5.73 Å². The molecule has 0 aliphatic heterocycles. The number of aryl methyl sites for hydroxylation is 2. The molecular weight excluding hydrogens is 210 g/mol. The van der Waals surface area contributed by atoms with Crippen molar-refractivity contribution in [3.63, 3.8) is 0 Å². The van der Waals surface area contributed by atoms with Crippen LogP contribution in [0.1, 0.15) is 28.1 Å². The highest BCUT2D eigenvalue weighted by Crippen LogP contribution is 2.18. The zero-order valence-corrected chi connectivity index (χ0v) is 10.9. The van der Waals surface area contributed by atoms with Crippen molar-refractivity contribution in [1.82, 2.24) is 9.55 Å². The third kappa shape index (κ3) is 2.18. The van der Waals surface area contributed by atoms with Crippen LogP contribution >= 0.6 is 0 Å². The summed E-state index contributed by atoms with van der Waals surface area (Å²) in [4.78, 5) is 4.41. The van der Waals surface area contributed by atoms with Gasteiger partial charge in [-0.1, -0.05) is 23.8 Å². The van der Waals surface area contributed by atoms with Gasteiger partial charge in [0.1, 0.15) is 0 Å². The Kier molecular flexibility index (Phi) is 2.92. The number of imidazole rings is 1. The largest absolute Gasteiger partial charge is 0.369 e. The van der Waals surface area contributed by atoms with Crippen LogP contribution in [0, 0.1) is 20.8 Å². The Labute approximate surface area is 102 Å². The number of nitrogens with two attached hydrogens (primary N) is 1. The van der Waals surface area contributed by atoms with Gasteiger partial charge in [0.2, 0.25) is 0 Å². The highest BCUT2D eigenvalue weighted by molar-refractivity contribution is 5.36. The van der Waals surface area contributed by atoms with Crippen LogP contribution in [0.4, 0.5) is 5.95 Å². The van der Waals surface area contributed by atoms with E-state index >= 15 is 0 Å². The predicted molar refractivity (Wildman–Crippen MR) is 71.1 cm³/mol. The quantitative estimate of drug-likeness (QED) is 0.860. The van der Waals surface area contributed by atoms with Crippen LogP contribution in [0.25, 0.3) is 0 Å². The monoisotopic (exact) mass is 229 g/mol.